The average Bonchev–Trinajstić information content (AvgIpc) is 3.07. The summed E-state index contributed by atoms with van der Waals surface area (Å²) in [6.45, 7) is 3.69. The Balaban J connectivity index is 3.91. The maximum atomic E-state index is 12.4. The van der Waals surface area contributed by atoms with Crippen LogP contribution in [-0.2, 0) is 28.2 Å². The van der Waals surface area contributed by atoms with Crippen molar-refractivity contribution < 1.29 is 37.9 Å². The van der Waals surface area contributed by atoms with Crippen LogP contribution in [0.1, 0.15) is 213 Å². The topological polar surface area (TPSA) is 119 Å². The third-order valence-corrected chi connectivity index (χ3v) is 9.52. The van der Waals surface area contributed by atoms with Gasteiger partial charge in [0.1, 0.15) is 6.61 Å². The van der Waals surface area contributed by atoms with E-state index in [4.69, 9.17) is 19.3 Å². The summed E-state index contributed by atoms with van der Waals surface area (Å²) in [5.74, 6) is -0.884. The van der Waals surface area contributed by atoms with Crippen molar-refractivity contribution in [1.29, 1.82) is 0 Å². The molecule has 0 spiro atoms. The average molecular weight is 717 g/mol. The monoisotopic (exact) mass is 717 g/mol. The number of phosphoric ester groups is 1. The molecule has 0 aromatic rings. The van der Waals surface area contributed by atoms with E-state index < -0.39 is 32.5 Å². The molecule has 9 heteroatoms. The van der Waals surface area contributed by atoms with Crippen LogP contribution >= 0.6 is 7.82 Å². The molecule has 290 valence electrons. The lowest BCUT2D eigenvalue weighted by molar-refractivity contribution is -0.161. The van der Waals surface area contributed by atoms with E-state index in [1.54, 1.807) is 0 Å². The molecule has 0 rings (SSSR count). The highest BCUT2D eigenvalue weighted by Crippen LogP contribution is 2.36. The Hall–Kier alpha value is -1.21. The minimum Gasteiger partial charge on any atom is -0.462 e. The van der Waals surface area contributed by atoms with Gasteiger partial charge < -0.3 is 19.3 Å². The van der Waals surface area contributed by atoms with Gasteiger partial charge in [-0.2, -0.15) is 0 Å². The summed E-state index contributed by atoms with van der Waals surface area (Å²) >= 11 is 0. The van der Waals surface area contributed by atoms with Crippen molar-refractivity contribution in [3.8, 4) is 0 Å². The number of unbranched alkanes of at least 4 members (excludes halogenated alkanes) is 26. The predicted molar refractivity (Wildman–Crippen MR) is 202 cm³/mol. The van der Waals surface area contributed by atoms with E-state index in [1.807, 2.05) is 0 Å². The molecule has 0 fully saturated rings. The molecule has 0 aromatic carbocycles. The molecule has 1 atom stereocenters. The third-order valence-electron chi connectivity index (χ3n) is 9.03. The van der Waals surface area contributed by atoms with E-state index in [2.05, 4.69) is 30.5 Å². The number of carbonyl (C=O) groups excluding carboxylic acids is 2. The molecular weight excluding hydrogens is 639 g/mol. The molecule has 0 saturated heterocycles. The van der Waals surface area contributed by atoms with Crippen LogP contribution in [0.4, 0.5) is 0 Å². The SMILES string of the molecule is CCCCCCCC/C=C/CCCCCCCC(=O)OC[C@H](COP(=O)(O)O)OC(=O)CCCCCCCCCCCCCCCCCC. The summed E-state index contributed by atoms with van der Waals surface area (Å²) in [6.07, 6.45) is 39.3. The normalized spacial score (nSPS) is 12.5. The second-order valence-electron chi connectivity index (χ2n) is 14.0. The zero-order valence-electron chi connectivity index (χ0n) is 31.9. The van der Waals surface area contributed by atoms with Gasteiger partial charge in [-0.3, -0.25) is 14.1 Å². The van der Waals surface area contributed by atoms with Crippen LogP contribution in [0.15, 0.2) is 12.2 Å². The summed E-state index contributed by atoms with van der Waals surface area (Å²) in [4.78, 5) is 42.8. The molecule has 0 aromatic heterocycles. The van der Waals surface area contributed by atoms with E-state index in [-0.39, 0.29) is 19.4 Å². The largest absolute Gasteiger partial charge is 0.469 e. The van der Waals surface area contributed by atoms with Crippen LogP contribution in [0.5, 0.6) is 0 Å². The first-order valence-electron chi connectivity index (χ1n) is 20.5. The van der Waals surface area contributed by atoms with E-state index in [0.29, 0.717) is 6.42 Å². The van der Waals surface area contributed by atoms with Crippen LogP contribution in [0.3, 0.4) is 0 Å². The Labute approximate surface area is 301 Å². The van der Waals surface area contributed by atoms with E-state index >= 15 is 0 Å². The maximum Gasteiger partial charge on any atom is 0.469 e. The number of allylic oxidation sites excluding steroid dienone is 2. The fourth-order valence-corrected chi connectivity index (χ4v) is 6.32. The summed E-state index contributed by atoms with van der Waals surface area (Å²) < 4.78 is 26.4. The van der Waals surface area contributed by atoms with Gasteiger partial charge in [0.2, 0.25) is 0 Å². The van der Waals surface area contributed by atoms with E-state index in [0.717, 1.165) is 57.8 Å². The fourth-order valence-electron chi connectivity index (χ4n) is 5.96. The Kier molecular flexibility index (Phi) is 35.7. The molecular formula is C40H77O8P. The molecule has 0 amide bonds. The molecule has 0 aliphatic heterocycles. The van der Waals surface area contributed by atoms with Crippen molar-refractivity contribution in [1.82, 2.24) is 0 Å². The van der Waals surface area contributed by atoms with Gasteiger partial charge in [-0.05, 0) is 38.5 Å². The first kappa shape index (κ1) is 47.8. The molecule has 2 N–H and O–H groups in total. The first-order valence-corrected chi connectivity index (χ1v) is 22.0. The molecule has 0 aliphatic carbocycles. The zero-order chi connectivity index (χ0) is 36.1. The number of hydrogen-bond donors (Lipinski definition) is 2. The highest BCUT2D eigenvalue weighted by Gasteiger charge is 2.22. The Morgan fingerprint density at radius 2 is 0.857 bits per heavy atom. The molecule has 0 aliphatic rings. The lowest BCUT2D eigenvalue weighted by Crippen LogP contribution is -2.29. The van der Waals surface area contributed by atoms with Crippen molar-refractivity contribution in [2.75, 3.05) is 13.2 Å². The highest BCUT2D eigenvalue weighted by atomic mass is 31.2. The van der Waals surface area contributed by atoms with Gasteiger partial charge >= 0.3 is 19.8 Å². The molecule has 0 unspecified atom stereocenters. The Morgan fingerprint density at radius 1 is 0.510 bits per heavy atom. The molecule has 49 heavy (non-hydrogen) atoms. The lowest BCUT2D eigenvalue weighted by Gasteiger charge is -2.18. The van der Waals surface area contributed by atoms with E-state index in [9.17, 15) is 14.2 Å². The molecule has 0 bridgehead atoms. The van der Waals surface area contributed by atoms with Crippen LogP contribution in [0.2, 0.25) is 0 Å². The van der Waals surface area contributed by atoms with Gasteiger partial charge in [-0.25, -0.2) is 4.57 Å². The summed E-state index contributed by atoms with van der Waals surface area (Å²) in [5, 5.41) is 0. The van der Waals surface area contributed by atoms with Crippen molar-refractivity contribution in [3.63, 3.8) is 0 Å². The smallest absolute Gasteiger partial charge is 0.462 e. The number of phosphoric acid groups is 1. The minimum absolute atomic E-state index is 0.216. The number of rotatable bonds is 38. The second-order valence-corrected chi connectivity index (χ2v) is 15.2. The summed E-state index contributed by atoms with van der Waals surface area (Å²) in [6, 6.07) is 0. The van der Waals surface area contributed by atoms with Crippen LogP contribution < -0.4 is 0 Å². The van der Waals surface area contributed by atoms with Crippen LogP contribution in [0.25, 0.3) is 0 Å². The fraction of sp³-hybridized carbons (Fsp3) is 0.900. The van der Waals surface area contributed by atoms with Crippen molar-refractivity contribution >= 4 is 19.8 Å². The van der Waals surface area contributed by atoms with Crippen molar-refractivity contribution in [3.05, 3.63) is 12.2 Å². The van der Waals surface area contributed by atoms with Gasteiger partial charge in [-0.15, -0.1) is 0 Å². The second kappa shape index (κ2) is 36.6. The van der Waals surface area contributed by atoms with Crippen LogP contribution in [0, 0.1) is 0 Å². The van der Waals surface area contributed by atoms with Gasteiger partial charge in [0.25, 0.3) is 0 Å². The molecule has 0 radical (unpaired) electrons. The minimum atomic E-state index is -4.75. The van der Waals surface area contributed by atoms with Crippen molar-refractivity contribution in [2.24, 2.45) is 0 Å². The lowest BCUT2D eigenvalue weighted by atomic mass is 10.0. The van der Waals surface area contributed by atoms with Gasteiger partial charge in [-0.1, -0.05) is 174 Å². The number of ether oxygens (including phenoxy) is 2. The quantitative estimate of drug-likeness (QED) is 0.0280. The van der Waals surface area contributed by atoms with Gasteiger partial charge in [0.15, 0.2) is 6.10 Å². The third kappa shape index (κ3) is 39.4. The number of carbonyl (C=O) groups is 2. The predicted octanol–water partition coefficient (Wildman–Crippen LogP) is 12.2. The Bertz CT molecular complexity index is 812. The molecule has 0 saturated carbocycles. The van der Waals surface area contributed by atoms with E-state index in [1.165, 1.54) is 122 Å². The zero-order valence-corrected chi connectivity index (χ0v) is 32.8. The number of hydrogen-bond acceptors (Lipinski definition) is 6. The summed E-state index contributed by atoms with van der Waals surface area (Å²) in [7, 11) is -4.75. The Morgan fingerprint density at radius 3 is 1.24 bits per heavy atom. The highest BCUT2D eigenvalue weighted by molar-refractivity contribution is 7.46. The maximum absolute atomic E-state index is 12.4. The standard InChI is InChI=1S/C40H77O8P/c1-3-5-7-9-11-13-15-17-19-21-23-25-27-29-31-33-35-40(42)48-38(37-47-49(43,44)45)36-46-39(41)34-32-30-28-26-24-22-20-18-16-14-12-10-8-6-4-2/h18,20,38H,3-17,19,21-37H2,1-2H3,(H2,43,44,45)/b20-18+/t38-/m1/s1. The first-order chi connectivity index (χ1) is 23.8. The molecule has 0 heterocycles. The van der Waals surface area contributed by atoms with Gasteiger partial charge in [0, 0.05) is 12.8 Å². The van der Waals surface area contributed by atoms with Crippen LogP contribution in [-0.4, -0.2) is 41.0 Å². The van der Waals surface area contributed by atoms with Gasteiger partial charge in [0.05, 0.1) is 6.61 Å². The number of esters is 2. The van der Waals surface area contributed by atoms with Crippen molar-refractivity contribution in [2.45, 2.75) is 219 Å². The summed E-state index contributed by atoms with van der Waals surface area (Å²) in [5.41, 5.74) is 0. The molecule has 8 nitrogen and oxygen atoms in total.